The monoisotopic (exact) mass is 410 g/mol. The summed E-state index contributed by atoms with van der Waals surface area (Å²) in [7, 11) is -3.47. The number of hydrogen-bond donors (Lipinski definition) is 2. The molecule has 0 saturated carbocycles. The molecule has 7 nitrogen and oxygen atoms in total. The molecule has 2 heterocycles. The zero-order valence-corrected chi connectivity index (χ0v) is 17.3. The number of rotatable bonds is 7. The molecule has 0 aliphatic carbocycles. The molecule has 2 aliphatic rings. The molecule has 1 aromatic rings. The van der Waals surface area contributed by atoms with Crippen LogP contribution in [0, 0.1) is 0 Å². The van der Waals surface area contributed by atoms with Gasteiger partial charge in [-0.05, 0) is 37.1 Å². The maximum Gasteiger partial charge on any atom is 0.251 e. The summed E-state index contributed by atoms with van der Waals surface area (Å²) in [5.74, 6) is -0.157. The van der Waals surface area contributed by atoms with Gasteiger partial charge >= 0.3 is 0 Å². The lowest BCUT2D eigenvalue weighted by atomic mass is 10.2. The van der Waals surface area contributed by atoms with Crippen molar-refractivity contribution in [3.8, 4) is 0 Å². The summed E-state index contributed by atoms with van der Waals surface area (Å²) in [6.07, 6.45) is 4.90. The molecule has 2 saturated heterocycles. The minimum absolute atomic E-state index is 0.157. The molecule has 0 spiro atoms. The predicted octanol–water partition coefficient (Wildman–Crippen LogP) is 0.286. The van der Waals surface area contributed by atoms with Crippen LogP contribution in [0.25, 0.3) is 0 Å². The summed E-state index contributed by atoms with van der Waals surface area (Å²) in [5.41, 5.74) is 0.494. The van der Waals surface area contributed by atoms with E-state index in [0.717, 1.165) is 65.0 Å². The molecule has 0 aromatic heterocycles. The number of hydrogen-bond acceptors (Lipinski definition) is 4. The van der Waals surface area contributed by atoms with Crippen LogP contribution in [0.5, 0.6) is 0 Å². The minimum atomic E-state index is -3.47. The van der Waals surface area contributed by atoms with Crippen molar-refractivity contribution in [2.24, 2.45) is 0 Å². The summed E-state index contributed by atoms with van der Waals surface area (Å²) < 4.78 is 32.5. The summed E-state index contributed by atoms with van der Waals surface area (Å²) >= 11 is 0. The molecule has 2 N–H and O–H groups in total. The van der Waals surface area contributed by atoms with Gasteiger partial charge in [-0.3, -0.25) is 4.79 Å². The van der Waals surface area contributed by atoms with Crippen molar-refractivity contribution >= 4 is 15.9 Å². The van der Waals surface area contributed by atoms with E-state index in [1.165, 1.54) is 4.90 Å². The Kier molecular flexibility index (Phi) is 7.84. The third kappa shape index (κ3) is 5.76. The van der Waals surface area contributed by atoms with Gasteiger partial charge in [-0.1, -0.05) is 12.8 Å². The van der Waals surface area contributed by atoms with E-state index in [0.29, 0.717) is 25.2 Å². The number of benzene rings is 1. The van der Waals surface area contributed by atoms with Crippen LogP contribution in [0.3, 0.4) is 0 Å². The molecule has 2 aliphatic heterocycles. The Bertz CT molecular complexity index is 722. The normalized spacial score (nSPS) is 19.9. The minimum Gasteiger partial charge on any atom is -0.370 e. The first-order chi connectivity index (χ1) is 13.6. The number of carbonyl (C=O) groups is 1. The fourth-order valence-electron chi connectivity index (χ4n) is 3.76. The highest BCUT2D eigenvalue weighted by Gasteiger charge is 2.25. The maximum absolute atomic E-state index is 12.8. The lowest BCUT2D eigenvalue weighted by Crippen LogP contribution is -3.14. The van der Waals surface area contributed by atoms with Crippen LogP contribution in [0.15, 0.2) is 29.2 Å². The summed E-state index contributed by atoms with van der Waals surface area (Å²) in [5, 5.41) is 2.92. The van der Waals surface area contributed by atoms with Gasteiger partial charge in [0.2, 0.25) is 10.0 Å². The van der Waals surface area contributed by atoms with E-state index in [4.69, 9.17) is 4.74 Å². The first-order valence-corrected chi connectivity index (χ1v) is 11.8. The number of nitrogens with zero attached hydrogens (tertiary/aromatic N) is 1. The van der Waals surface area contributed by atoms with Crippen LogP contribution in [-0.2, 0) is 14.8 Å². The van der Waals surface area contributed by atoms with E-state index in [-0.39, 0.29) is 10.8 Å². The summed E-state index contributed by atoms with van der Waals surface area (Å²) in [4.78, 5) is 14.1. The van der Waals surface area contributed by atoms with Crippen molar-refractivity contribution in [3.63, 3.8) is 0 Å². The van der Waals surface area contributed by atoms with Crippen LogP contribution in [0.4, 0.5) is 0 Å². The zero-order chi connectivity index (χ0) is 19.8. The fraction of sp³-hybridized carbons (Fsp3) is 0.650. The average Bonchev–Trinajstić information content (AvgIpc) is 3.02. The summed E-state index contributed by atoms with van der Waals surface area (Å²) in [6.45, 7) is 6.49. The molecular formula is C20H32N3O4S+. The molecule has 28 heavy (non-hydrogen) atoms. The largest absolute Gasteiger partial charge is 0.370 e. The van der Waals surface area contributed by atoms with Crippen LogP contribution in [-0.4, -0.2) is 71.1 Å². The Morgan fingerprint density at radius 1 is 1.04 bits per heavy atom. The Morgan fingerprint density at radius 2 is 1.68 bits per heavy atom. The molecule has 3 rings (SSSR count). The fourth-order valence-corrected chi connectivity index (χ4v) is 5.28. The first-order valence-electron chi connectivity index (χ1n) is 10.4. The standard InChI is InChI=1S/C20H31N3O4S/c24-20(21-10-5-11-22-14-16-27-17-15-22)18-6-8-19(9-7-18)28(25,26)23-12-3-1-2-4-13-23/h6-9H,1-5,10-17H2,(H,21,24)/p+1. The molecule has 8 heteroatoms. The van der Waals surface area contributed by atoms with Crippen molar-refractivity contribution in [1.29, 1.82) is 0 Å². The van der Waals surface area contributed by atoms with Gasteiger partial charge in [-0.2, -0.15) is 4.31 Å². The number of nitrogens with one attached hydrogen (secondary N) is 2. The molecule has 1 aromatic carbocycles. The number of carbonyl (C=O) groups excluding carboxylic acids is 1. The number of morpholine rings is 1. The number of ether oxygens (including phenoxy) is 1. The number of sulfonamides is 1. The maximum atomic E-state index is 12.8. The SMILES string of the molecule is O=C(NCCC[NH+]1CCOCC1)c1ccc(S(=O)(=O)N2CCCCCC2)cc1. The summed E-state index contributed by atoms with van der Waals surface area (Å²) in [6, 6.07) is 6.31. The highest BCUT2D eigenvalue weighted by molar-refractivity contribution is 7.89. The Morgan fingerprint density at radius 3 is 2.32 bits per heavy atom. The van der Waals surface area contributed by atoms with Crippen molar-refractivity contribution < 1.29 is 22.8 Å². The predicted molar refractivity (Wildman–Crippen MR) is 107 cm³/mol. The molecule has 0 atom stereocenters. The Labute approximate surface area is 168 Å². The second kappa shape index (κ2) is 10.3. The molecule has 0 bridgehead atoms. The highest BCUT2D eigenvalue weighted by atomic mass is 32.2. The van der Waals surface area contributed by atoms with Gasteiger partial charge in [0, 0.05) is 31.6 Å². The van der Waals surface area contributed by atoms with E-state index >= 15 is 0 Å². The zero-order valence-electron chi connectivity index (χ0n) is 16.5. The van der Waals surface area contributed by atoms with E-state index in [9.17, 15) is 13.2 Å². The van der Waals surface area contributed by atoms with Crippen LogP contribution in [0.1, 0.15) is 42.5 Å². The van der Waals surface area contributed by atoms with Gasteiger partial charge in [0.25, 0.3) is 5.91 Å². The second-order valence-electron chi connectivity index (χ2n) is 7.56. The lowest BCUT2D eigenvalue weighted by molar-refractivity contribution is -0.908. The van der Waals surface area contributed by atoms with E-state index in [2.05, 4.69) is 5.32 Å². The van der Waals surface area contributed by atoms with Crippen molar-refractivity contribution in [3.05, 3.63) is 29.8 Å². The third-order valence-corrected chi connectivity index (χ3v) is 7.42. The van der Waals surface area contributed by atoms with Crippen molar-refractivity contribution in [2.75, 3.05) is 52.5 Å². The molecule has 0 unspecified atom stereocenters. The number of amides is 1. The second-order valence-corrected chi connectivity index (χ2v) is 9.50. The van der Waals surface area contributed by atoms with Gasteiger partial charge in [-0.25, -0.2) is 8.42 Å². The van der Waals surface area contributed by atoms with Gasteiger partial charge < -0.3 is 15.0 Å². The van der Waals surface area contributed by atoms with E-state index in [1.807, 2.05) is 0 Å². The average molecular weight is 411 g/mol. The van der Waals surface area contributed by atoms with Crippen LogP contribution < -0.4 is 10.2 Å². The Hall–Kier alpha value is -1.48. The van der Waals surface area contributed by atoms with Gasteiger partial charge in [0.15, 0.2) is 0 Å². The number of quaternary nitrogens is 1. The topological polar surface area (TPSA) is 80.1 Å². The molecule has 2 fully saturated rings. The van der Waals surface area contributed by atoms with Gasteiger partial charge in [0.1, 0.15) is 13.1 Å². The first kappa shape index (κ1) is 21.2. The van der Waals surface area contributed by atoms with Crippen LogP contribution >= 0.6 is 0 Å². The van der Waals surface area contributed by atoms with E-state index < -0.39 is 10.0 Å². The van der Waals surface area contributed by atoms with Gasteiger partial charge in [-0.15, -0.1) is 0 Å². The molecule has 1 amide bonds. The quantitative estimate of drug-likeness (QED) is 0.633. The van der Waals surface area contributed by atoms with E-state index in [1.54, 1.807) is 28.6 Å². The van der Waals surface area contributed by atoms with Crippen molar-refractivity contribution in [1.82, 2.24) is 9.62 Å². The van der Waals surface area contributed by atoms with Crippen molar-refractivity contribution in [2.45, 2.75) is 37.0 Å². The smallest absolute Gasteiger partial charge is 0.251 e. The third-order valence-electron chi connectivity index (χ3n) is 5.51. The lowest BCUT2D eigenvalue weighted by Gasteiger charge is -2.23. The molecule has 0 radical (unpaired) electrons. The Balaban J connectivity index is 1.49. The molecular weight excluding hydrogens is 378 g/mol. The van der Waals surface area contributed by atoms with Crippen LogP contribution in [0.2, 0.25) is 0 Å². The highest BCUT2D eigenvalue weighted by Crippen LogP contribution is 2.20. The van der Waals surface area contributed by atoms with Gasteiger partial charge in [0.05, 0.1) is 24.7 Å². The molecule has 156 valence electrons.